The normalized spacial score (nSPS) is 17.6. The average molecular weight is 452 g/mol. The summed E-state index contributed by atoms with van der Waals surface area (Å²) in [7, 11) is 1.63. The van der Waals surface area contributed by atoms with Gasteiger partial charge in [0.2, 0.25) is 5.90 Å². The lowest BCUT2D eigenvalue weighted by Crippen LogP contribution is -2.39. The van der Waals surface area contributed by atoms with Crippen LogP contribution in [0.3, 0.4) is 0 Å². The minimum Gasteiger partial charge on any atom is -0.474 e. The van der Waals surface area contributed by atoms with E-state index in [4.69, 9.17) is 9.47 Å². The van der Waals surface area contributed by atoms with E-state index in [0.29, 0.717) is 36.4 Å². The van der Waals surface area contributed by atoms with Crippen LogP contribution in [0.15, 0.2) is 17.4 Å². The molecule has 178 valence electrons. The van der Waals surface area contributed by atoms with Crippen LogP contribution in [0, 0.1) is 5.92 Å². The third kappa shape index (κ3) is 5.19. The molecule has 2 aromatic heterocycles. The van der Waals surface area contributed by atoms with Crippen molar-refractivity contribution in [3.05, 3.63) is 23.7 Å². The molecule has 0 bridgehead atoms. The van der Waals surface area contributed by atoms with Gasteiger partial charge in [-0.3, -0.25) is 9.78 Å². The fraction of sp³-hybridized carbons (Fsp3) is 0.696. The van der Waals surface area contributed by atoms with E-state index in [-0.39, 0.29) is 36.8 Å². The number of methoxy groups -OCH3 is 1. The van der Waals surface area contributed by atoms with Gasteiger partial charge >= 0.3 is 0 Å². The summed E-state index contributed by atoms with van der Waals surface area (Å²) in [5.41, 5.74) is 2.69. The summed E-state index contributed by atoms with van der Waals surface area (Å²) in [4.78, 5) is 4.46. The van der Waals surface area contributed by atoms with E-state index in [1.807, 2.05) is 38.6 Å². The van der Waals surface area contributed by atoms with Gasteiger partial charge in [0, 0.05) is 50.8 Å². The standard InChI is InChI=1S/C23H35F2N5O2/c1-7-9-23(24,25)19-11-17-20(22(27-19)32-18(14(2)3)8-10-31-6)21(29-28-17)16-12-26-30(13-16)15(4)5/h12-15,18-19H,7-11H2,1-6H3,(H,28,29)/t18?,19-/m1/s1. The molecular formula is C23H35F2N5O2. The van der Waals surface area contributed by atoms with Crippen LogP contribution in [0.4, 0.5) is 8.78 Å². The van der Waals surface area contributed by atoms with Crippen LogP contribution >= 0.6 is 0 Å². The van der Waals surface area contributed by atoms with Crippen LogP contribution in [0.2, 0.25) is 0 Å². The molecule has 1 N–H and O–H groups in total. The number of nitrogens with one attached hydrogen (secondary N) is 1. The van der Waals surface area contributed by atoms with Crippen molar-refractivity contribution in [2.75, 3.05) is 13.7 Å². The van der Waals surface area contributed by atoms with Gasteiger partial charge in [0.15, 0.2) is 0 Å². The molecule has 0 aliphatic carbocycles. The first kappa shape index (κ1) is 24.4. The van der Waals surface area contributed by atoms with E-state index < -0.39 is 12.0 Å². The molecule has 1 aliphatic heterocycles. The Hall–Kier alpha value is -2.29. The summed E-state index contributed by atoms with van der Waals surface area (Å²) in [5.74, 6) is -2.54. The van der Waals surface area contributed by atoms with Crippen molar-refractivity contribution in [3.63, 3.8) is 0 Å². The maximum Gasteiger partial charge on any atom is 0.270 e. The second kappa shape index (κ2) is 10.1. The molecule has 7 nitrogen and oxygen atoms in total. The predicted octanol–water partition coefficient (Wildman–Crippen LogP) is 5.04. The van der Waals surface area contributed by atoms with Gasteiger partial charge in [-0.05, 0) is 19.8 Å². The van der Waals surface area contributed by atoms with Gasteiger partial charge < -0.3 is 9.47 Å². The molecule has 9 heteroatoms. The van der Waals surface area contributed by atoms with E-state index in [1.165, 1.54) is 0 Å². The lowest BCUT2D eigenvalue weighted by Gasteiger charge is -2.30. The molecule has 1 aliphatic rings. The van der Waals surface area contributed by atoms with Gasteiger partial charge in [-0.25, -0.2) is 13.8 Å². The summed E-state index contributed by atoms with van der Waals surface area (Å²) in [6.07, 6.45) is 4.30. The van der Waals surface area contributed by atoms with Crippen LogP contribution in [0.5, 0.6) is 0 Å². The summed E-state index contributed by atoms with van der Waals surface area (Å²) in [5, 5.41) is 11.8. The minimum absolute atomic E-state index is 0.0882. The Kier molecular flexibility index (Phi) is 7.69. The lowest BCUT2D eigenvalue weighted by molar-refractivity contribution is -0.0347. The zero-order valence-electron chi connectivity index (χ0n) is 19.9. The summed E-state index contributed by atoms with van der Waals surface area (Å²) in [6, 6.07) is -0.994. The molecule has 2 atom stereocenters. The number of fused-ring (bicyclic) bond motifs is 1. The topological polar surface area (TPSA) is 77.3 Å². The average Bonchev–Trinajstić information content (AvgIpc) is 3.37. The van der Waals surface area contributed by atoms with E-state index >= 15 is 0 Å². The first-order valence-corrected chi connectivity index (χ1v) is 11.4. The minimum atomic E-state index is -2.92. The largest absolute Gasteiger partial charge is 0.474 e. The van der Waals surface area contributed by atoms with Crippen LogP contribution in [-0.2, 0) is 15.9 Å². The highest BCUT2D eigenvalue weighted by molar-refractivity contribution is 6.02. The molecule has 0 amide bonds. The number of nitrogens with zero attached hydrogens (tertiary/aromatic N) is 4. The summed E-state index contributed by atoms with van der Waals surface area (Å²) >= 11 is 0. The van der Waals surface area contributed by atoms with E-state index in [1.54, 1.807) is 20.2 Å². The van der Waals surface area contributed by atoms with Crippen LogP contribution < -0.4 is 0 Å². The number of aromatic nitrogens is 4. The monoisotopic (exact) mass is 451 g/mol. The maximum absolute atomic E-state index is 14.9. The number of aliphatic imine (C=N–C) groups is 1. The molecule has 0 saturated heterocycles. The van der Waals surface area contributed by atoms with E-state index in [0.717, 1.165) is 5.56 Å². The number of hydrogen-bond donors (Lipinski definition) is 1. The number of hydrogen-bond acceptors (Lipinski definition) is 5. The van der Waals surface area contributed by atoms with Crippen molar-refractivity contribution < 1.29 is 18.3 Å². The first-order valence-electron chi connectivity index (χ1n) is 11.4. The smallest absolute Gasteiger partial charge is 0.270 e. The Balaban J connectivity index is 2.03. The molecular weight excluding hydrogens is 416 g/mol. The molecule has 3 heterocycles. The number of ether oxygens (including phenoxy) is 2. The molecule has 3 rings (SSSR count). The number of aromatic amines is 1. The Bertz CT molecular complexity index is 919. The molecule has 0 saturated carbocycles. The van der Waals surface area contributed by atoms with Gasteiger partial charge in [0.1, 0.15) is 17.8 Å². The SMILES string of the molecule is CCCC(F)(F)[C@H]1Cc2[nH]nc(-c3cnn(C(C)C)c3)c2C(OC(CCOC)C(C)C)=N1. The van der Waals surface area contributed by atoms with E-state index in [2.05, 4.69) is 20.3 Å². The van der Waals surface area contributed by atoms with Crippen molar-refractivity contribution in [1.82, 2.24) is 20.0 Å². The Morgan fingerprint density at radius 2 is 2.03 bits per heavy atom. The zero-order chi connectivity index (χ0) is 23.5. The Morgan fingerprint density at radius 1 is 1.28 bits per heavy atom. The molecule has 32 heavy (non-hydrogen) atoms. The third-order valence-corrected chi connectivity index (χ3v) is 5.81. The molecule has 0 spiro atoms. The second-order valence-corrected chi connectivity index (χ2v) is 9.08. The van der Waals surface area contributed by atoms with Crippen molar-refractivity contribution in [2.24, 2.45) is 10.9 Å². The van der Waals surface area contributed by atoms with Gasteiger partial charge in [-0.2, -0.15) is 10.2 Å². The highest BCUT2D eigenvalue weighted by Crippen LogP contribution is 2.36. The number of H-pyrrole nitrogens is 1. The Morgan fingerprint density at radius 3 is 2.62 bits per heavy atom. The zero-order valence-corrected chi connectivity index (χ0v) is 19.9. The highest BCUT2D eigenvalue weighted by atomic mass is 19.3. The van der Waals surface area contributed by atoms with Crippen LogP contribution in [0.1, 0.15) is 71.2 Å². The van der Waals surface area contributed by atoms with Gasteiger partial charge in [0.25, 0.3) is 5.92 Å². The van der Waals surface area contributed by atoms with Crippen molar-refractivity contribution in [1.29, 1.82) is 0 Å². The molecule has 0 radical (unpaired) electrons. The van der Waals surface area contributed by atoms with Crippen molar-refractivity contribution in [2.45, 2.75) is 84.4 Å². The fourth-order valence-corrected chi connectivity index (χ4v) is 3.89. The molecule has 0 aromatic carbocycles. The molecule has 2 aromatic rings. The van der Waals surface area contributed by atoms with Gasteiger partial charge in [-0.15, -0.1) is 0 Å². The summed E-state index contributed by atoms with van der Waals surface area (Å²) < 4.78 is 43.1. The lowest BCUT2D eigenvalue weighted by atomic mass is 9.94. The first-order chi connectivity index (χ1) is 15.2. The van der Waals surface area contributed by atoms with Gasteiger partial charge in [-0.1, -0.05) is 27.2 Å². The van der Waals surface area contributed by atoms with E-state index in [9.17, 15) is 8.78 Å². The van der Waals surface area contributed by atoms with Crippen molar-refractivity contribution >= 4 is 5.90 Å². The molecule has 0 fully saturated rings. The quantitative estimate of drug-likeness (QED) is 0.549. The summed E-state index contributed by atoms with van der Waals surface area (Å²) in [6.45, 7) is 10.4. The maximum atomic E-state index is 14.9. The van der Waals surface area contributed by atoms with Crippen molar-refractivity contribution in [3.8, 4) is 11.3 Å². The fourth-order valence-electron chi connectivity index (χ4n) is 3.89. The van der Waals surface area contributed by atoms with Gasteiger partial charge in [0.05, 0.1) is 17.5 Å². The number of rotatable bonds is 10. The molecule has 1 unspecified atom stereocenters. The predicted molar refractivity (Wildman–Crippen MR) is 120 cm³/mol. The number of alkyl halides is 2. The second-order valence-electron chi connectivity index (χ2n) is 9.08. The number of halogens is 2. The third-order valence-electron chi connectivity index (χ3n) is 5.81. The van der Waals surface area contributed by atoms with Crippen LogP contribution in [0.25, 0.3) is 11.3 Å². The highest BCUT2D eigenvalue weighted by Gasteiger charge is 2.43. The Labute approximate surface area is 188 Å². The van der Waals surface area contributed by atoms with Crippen LogP contribution in [-0.4, -0.2) is 57.7 Å².